The summed E-state index contributed by atoms with van der Waals surface area (Å²) < 4.78 is 10.8. The Hall–Kier alpha value is -3.26. The van der Waals surface area contributed by atoms with E-state index >= 15 is 0 Å². The molecule has 0 unspecified atom stereocenters. The molecule has 1 amide bonds. The summed E-state index contributed by atoms with van der Waals surface area (Å²) in [5.74, 6) is -1.14. The van der Waals surface area contributed by atoms with Gasteiger partial charge in [-0.1, -0.05) is 36.4 Å². The van der Waals surface area contributed by atoms with Crippen molar-refractivity contribution in [2.75, 3.05) is 26.3 Å². The van der Waals surface area contributed by atoms with Crippen LogP contribution in [0.2, 0.25) is 0 Å². The second-order valence-corrected chi connectivity index (χ2v) is 6.39. The minimum Gasteiger partial charge on any atom is -0.444 e. The molecule has 0 spiro atoms. The lowest BCUT2D eigenvalue weighted by molar-refractivity contribution is -0.385. The van der Waals surface area contributed by atoms with Gasteiger partial charge in [-0.25, -0.2) is 4.79 Å². The van der Waals surface area contributed by atoms with Crippen molar-refractivity contribution < 1.29 is 24.0 Å². The van der Waals surface area contributed by atoms with E-state index in [9.17, 15) is 19.7 Å². The van der Waals surface area contributed by atoms with Crippen molar-refractivity contribution in [2.45, 2.75) is 13.0 Å². The highest BCUT2D eigenvalue weighted by Crippen LogP contribution is 2.25. The van der Waals surface area contributed by atoms with Crippen LogP contribution < -0.4 is 0 Å². The Morgan fingerprint density at radius 2 is 1.82 bits per heavy atom. The molecular weight excluding hydrogens is 364 g/mol. The van der Waals surface area contributed by atoms with E-state index in [1.54, 1.807) is 42.2 Å². The van der Waals surface area contributed by atoms with E-state index < -0.39 is 17.0 Å². The number of benzene rings is 2. The number of carbonyl (C=O) groups excluding carboxylic acids is 2. The van der Waals surface area contributed by atoms with Crippen LogP contribution in [0.1, 0.15) is 27.6 Å². The van der Waals surface area contributed by atoms with Crippen molar-refractivity contribution in [3.63, 3.8) is 0 Å². The molecule has 1 heterocycles. The van der Waals surface area contributed by atoms with Gasteiger partial charge in [-0.2, -0.15) is 0 Å². The zero-order valence-corrected chi connectivity index (χ0v) is 15.4. The van der Waals surface area contributed by atoms with Crippen molar-refractivity contribution in [2.24, 2.45) is 0 Å². The van der Waals surface area contributed by atoms with E-state index in [0.717, 1.165) is 0 Å². The normalized spacial score (nSPS) is 15.0. The summed E-state index contributed by atoms with van der Waals surface area (Å²) in [6.45, 7) is 3.25. The maximum absolute atomic E-state index is 13.0. The summed E-state index contributed by atoms with van der Waals surface area (Å²) in [7, 11) is 0. The highest BCUT2D eigenvalue weighted by molar-refractivity contribution is 5.93. The fourth-order valence-corrected chi connectivity index (χ4v) is 2.95. The van der Waals surface area contributed by atoms with Crippen molar-refractivity contribution in [1.29, 1.82) is 0 Å². The second-order valence-electron chi connectivity index (χ2n) is 6.39. The van der Waals surface area contributed by atoms with Crippen LogP contribution in [0.15, 0.2) is 48.5 Å². The first-order chi connectivity index (χ1) is 13.5. The van der Waals surface area contributed by atoms with Gasteiger partial charge in [0.05, 0.1) is 23.7 Å². The number of ether oxygens (including phenoxy) is 2. The van der Waals surface area contributed by atoms with Gasteiger partial charge >= 0.3 is 5.97 Å². The molecule has 1 aliphatic heterocycles. The summed E-state index contributed by atoms with van der Waals surface area (Å²) in [6, 6.07) is 12.8. The molecule has 1 aliphatic rings. The summed E-state index contributed by atoms with van der Waals surface area (Å²) in [5.41, 5.74) is 0.817. The number of esters is 1. The predicted molar refractivity (Wildman–Crippen MR) is 99.8 cm³/mol. The standard InChI is InChI=1S/C20H20N2O6/c1-14-7-8-16(13-17(14)22(25)26)20(24)28-18(15-5-3-2-4-6-15)19(23)21-9-11-27-12-10-21/h2-8,13,18H,9-12H2,1H3/t18-/m1/s1. The van der Waals surface area contributed by atoms with E-state index in [1.165, 1.54) is 18.2 Å². The van der Waals surface area contributed by atoms with Gasteiger partial charge in [-0.15, -0.1) is 0 Å². The van der Waals surface area contributed by atoms with Crippen LogP contribution in [0.25, 0.3) is 0 Å². The maximum Gasteiger partial charge on any atom is 0.339 e. The average molecular weight is 384 g/mol. The molecule has 1 fully saturated rings. The zero-order valence-electron chi connectivity index (χ0n) is 15.4. The van der Waals surface area contributed by atoms with Crippen molar-refractivity contribution >= 4 is 17.6 Å². The third kappa shape index (κ3) is 4.34. The molecule has 1 saturated heterocycles. The highest BCUT2D eigenvalue weighted by atomic mass is 16.6. The van der Waals surface area contributed by atoms with Gasteiger partial charge in [0.15, 0.2) is 0 Å². The SMILES string of the molecule is Cc1ccc(C(=O)O[C@@H](C(=O)N2CCOCC2)c2ccccc2)cc1[N+](=O)[O-]. The van der Waals surface area contributed by atoms with Crippen LogP contribution in [0.5, 0.6) is 0 Å². The number of rotatable bonds is 5. The molecule has 8 heteroatoms. The van der Waals surface area contributed by atoms with Crippen LogP contribution >= 0.6 is 0 Å². The largest absolute Gasteiger partial charge is 0.444 e. The summed E-state index contributed by atoms with van der Waals surface area (Å²) >= 11 is 0. The molecular formula is C20H20N2O6. The molecule has 0 bridgehead atoms. The first-order valence-electron chi connectivity index (χ1n) is 8.85. The molecule has 28 heavy (non-hydrogen) atoms. The molecule has 0 radical (unpaired) electrons. The van der Waals surface area contributed by atoms with E-state index in [1.807, 2.05) is 0 Å². The molecule has 0 aliphatic carbocycles. The number of carbonyl (C=O) groups is 2. The Morgan fingerprint density at radius 3 is 2.46 bits per heavy atom. The molecule has 146 valence electrons. The topological polar surface area (TPSA) is 99.0 Å². The minimum absolute atomic E-state index is 0.0213. The number of hydrogen-bond donors (Lipinski definition) is 0. The van der Waals surface area contributed by atoms with E-state index in [0.29, 0.717) is 37.4 Å². The first kappa shape index (κ1) is 19.5. The van der Waals surface area contributed by atoms with Crippen molar-refractivity contribution in [3.05, 3.63) is 75.3 Å². The Morgan fingerprint density at radius 1 is 1.14 bits per heavy atom. The zero-order chi connectivity index (χ0) is 20.1. The van der Waals surface area contributed by atoms with Gasteiger partial charge in [0, 0.05) is 30.3 Å². The smallest absolute Gasteiger partial charge is 0.339 e. The summed E-state index contributed by atoms with van der Waals surface area (Å²) in [4.78, 5) is 37.8. The molecule has 1 atom stereocenters. The first-order valence-corrected chi connectivity index (χ1v) is 8.85. The average Bonchev–Trinajstić information content (AvgIpc) is 2.72. The van der Waals surface area contributed by atoms with E-state index in [-0.39, 0.29) is 17.2 Å². The Labute approximate surface area is 161 Å². The number of morpholine rings is 1. The third-order valence-electron chi connectivity index (χ3n) is 4.52. The maximum atomic E-state index is 13.0. The fourth-order valence-electron chi connectivity index (χ4n) is 2.95. The van der Waals surface area contributed by atoms with Gasteiger partial charge in [-0.05, 0) is 13.0 Å². The van der Waals surface area contributed by atoms with Gasteiger partial charge in [-0.3, -0.25) is 14.9 Å². The Balaban J connectivity index is 1.87. The monoisotopic (exact) mass is 384 g/mol. The number of nitrogens with zero attached hydrogens (tertiary/aromatic N) is 2. The highest BCUT2D eigenvalue weighted by Gasteiger charge is 2.31. The van der Waals surface area contributed by atoms with Gasteiger partial charge < -0.3 is 14.4 Å². The predicted octanol–water partition coefficient (Wildman–Crippen LogP) is 2.66. The lowest BCUT2D eigenvalue weighted by atomic mass is 10.1. The Kier molecular flexibility index (Phi) is 6.00. The summed E-state index contributed by atoms with van der Waals surface area (Å²) in [5, 5.41) is 11.1. The van der Waals surface area contributed by atoms with Crippen LogP contribution in [-0.2, 0) is 14.3 Å². The number of nitro groups is 1. The van der Waals surface area contributed by atoms with Crippen LogP contribution in [0.4, 0.5) is 5.69 Å². The molecule has 0 saturated carbocycles. The van der Waals surface area contributed by atoms with Gasteiger partial charge in [0.25, 0.3) is 11.6 Å². The third-order valence-corrected chi connectivity index (χ3v) is 4.52. The lowest BCUT2D eigenvalue weighted by Crippen LogP contribution is -2.44. The van der Waals surface area contributed by atoms with E-state index in [4.69, 9.17) is 9.47 Å². The Bertz CT molecular complexity index is 878. The fraction of sp³-hybridized carbons (Fsp3) is 0.300. The second kappa shape index (κ2) is 8.62. The van der Waals surface area contributed by atoms with Crippen molar-refractivity contribution in [1.82, 2.24) is 4.90 Å². The quantitative estimate of drug-likeness (QED) is 0.446. The number of aryl methyl sites for hydroxylation is 1. The summed E-state index contributed by atoms with van der Waals surface area (Å²) in [6.07, 6.45) is -1.13. The van der Waals surface area contributed by atoms with Gasteiger partial charge in [0.2, 0.25) is 6.10 Å². The van der Waals surface area contributed by atoms with Crippen LogP contribution in [0, 0.1) is 17.0 Å². The minimum atomic E-state index is -1.13. The number of amides is 1. The lowest BCUT2D eigenvalue weighted by Gasteiger charge is -2.30. The molecule has 0 N–H and O–H groups in total. The van der Waals surface area contributed by atoms with Crippen molar-refractivity contribution in [3.8, 4) is 0 Å². The molecule has 2 aromatic carbocycles. The van der Waals surface area contributed by atoms with Gasteiger partial charge in [0.1, 0.15) is 0 Å². The van der Waals surface area contributed by atoms with E-state index in [2.05, 4.69) is 0 Å². The van der Waals surface area contributed by atoms with Crippen LogP contribution in [-0.4, -0.2) is 48.0 Å². The number of hydrogen-bond acceptors (Lipinski definition) is 6. The number of nitro benzene ring substituents is 1. The molecule has 3 rings (SSSR count). The molecule has 8 nitrogen and oxygen atoms in total. The molecule has 2 aromatic rings. The molecule has 0 aromatic heterocycles. The van der Waals surface area contributed by atoms with Crippen LogP contribution in [0.3, 0.4) is 0 Å².